The lowest BCUT2D eigenvalue weighted by atomic mass is 9.92. The number of nitrogens with zero attached hydrogens (tertiary/aromatic N) is 1. The van der Waals surface area contributed by atoms with E-state index in [0.717, 1.165) is 22.6 Å². The Morgan fingerprint density at radius 2 is 1.82 bits per heavy atom. The molecule has 1 aliphatic rings. The number of carbonyl (C=O) groups excluding carboxylic acids is 2. The van der Waals surface area contributed by atoms with Crippen LogP contribution >= 0.6 is 0 Å². The third-order valence-corrected chi connectivity index (χ3v) is 5.17. The van der Waals surface area contributed by atoms with Gasteiger partial charge in [0, 0.05) is 19.5 Å². The first-order chi connectivity index (χ1) is 13.6. The number of likely N-dealkylation sites (tertiary alicyclic amines) is 1. The van der Waals surface area contributed by atoms with Crippen molar-refractivity contribution < 1.29 is 19.1 Å². The second-order valence-corrected chi connectivity index (χ2v) is 6.78. The minimum atomic E-state index is -0.425. The summed E-state index contributed by atoms with van der Waals surface area (Å²) in [6.07, 6.45) is 0.217. The number of methoxy groups -OCH3 is 2. The first-order valence-corrected chi connectivity index (χ1v) is 9.41. The van der Waals surface area contributed by atoms with E-state index < -0.39 is 5.92 Å². The average molecular weight is 382 g/mol. The maximum absolute atomic E-state index is 12.9. The van der Waals surface area contributed by atoms with Gasteiger partial charge in [0.05, 0.1) is 26.2 Å². The Labute approximate surface area is 165 Å². The number of rotatable bonds is 7. The third-order valence-electron chi connectivity index (χ3n) is 5.17. The van der Waals surface area contributed by atoms with Crippen molar-refractivity contribution in [2.45, 2.75) is 25.9 Å². The Bertz CT molecular complexity index is 835. The van der Waals surface area contributed by atoms with Crippen molar-refractivity contribution in [1.82, 2.24) is 10.2 Å². The van der Waals surface area contributed by atoms with Crippen LogP contribution in [0.5, 0.6) is 11.5 Å². The number of hydrogen-bond donors (Lipinski definition) is 1. The van der Waals surface area contributed by atoms with Crippen LogP contribution in [0.15, 0.2) is 48.5 Å². The van der Waals surface area contributed by atoms with Crippen LogP contribution in [-0.4, -0.2) is 37.5 Å². The molecule has 3 rings (SSSR count). The SMILES string of the molecule is CCN1C(=O)C[C@@H](C(=O)NCc2cccc(OC)c2)[C@@H]1c1ccc(OC)cc1. The predicted octanol–water partition coefficient (Wildman–Crippen LogP) is 2.93. The summed E-state index contributed by atoms with van der Waals surface area (Å²) in [4.78, 5) is 27.2. The fourth-order valence-electron chi connectivity index (χ4n) is 3.71. The van der Waals surface area contributed by atoms with Gasteiger partial charge in [-0.05, 0) is 42.3 Å². The molecule has 1 saturated heterocycles. The van der Waals surface area contributed by atoms with Gasteiger partial charge < -0.3 is 19.7 Å². The van der Waals surface area contributed by atoms with E-state index in [1.807, 2.05) is 55.5 Å². The van der Waals surface area contributed by atoms with Gasteiger partial charge in [-0.2, -0.15) is 0 Å². The molecule has 1 heterocycles. The van der Waals surface area contributed by atoms with E-state index in [2.05, 4.69) is 5.32 Å². The van der Waals surface area contributed by atoms with Crippen molar-refractivity contribution in [2.75, 3.05) is 20.8 Å². The minimum Gasteiger partial charge on any atom is -0.497 e. The average Bonchev–Trinajstić information content (AvgIpc) is 3.08. The highest BCUT2D eigenvalue weighted by molar-refractivity contribution is 5.90. The second-order valence-electron chi connectivity index (χ2n) is 6.78. The topological polar surface area (TPSA) is 67.9 Å². The van der Waals surface area contributed by atoms with Crippen molar-refractivity contribution in [3.8, 4) is 11.5 Å². The number of benzene rings is 2. The maximum atomic E-state index is 12.9. The minimum absolute atomic E-state index is 0.00449. The normalized spacial score (nSPS) is 18.8. The Morgan fingerprint density at radius 3 is 2.46 bits per heavy atom. The molecule has 0 saturated carbocycles. The van der Waals surface area contributed by atoms with Crippen LogP contribution in [0.4, 0.5) is 0 Å². The van der Waals surface area contributed by atoms with E-state index in [0.29, 0.717) is 13.1 Å². The van der Waals surface area contributed by atoms with Crippen LogP contribution in [0.3, 0.4) is 0 Å². The van der Waals surface area contributed by atoms with E-state index in [-0.39, 0.29) is 24.3 Å². The highest BCUT2D eigenvalue weighted by Crippen LogP contribution is 2.38. The lowest BCUT2D eigenvalue weighted by molar-refractivity contribution is -0.129. The molecule has 6 heteroatoms. The molecule has 1 aliphatic heterocycles. The van der Waals surface area contributed by atoms with Gasteiger partial charge in [-0.3, -0.25) is 9.59 Å². The van der Waals surface area contributed by atoms with Gasteiger partial charge in [0.25, 0.3) is 0 Å². The van der Waals surface area contributed by atoms with Crippen molar-refractivity contribution >= 4 is 11.8 Å². The molecule has 2 amide bonds. The van der Waals surface area contributed by atoms with Crippen LogP contribution in [0.1, 0.15) is 30.5 Å². The Balaban J connectivity index is 1.77. The molecule has 28 heavy (non-hydrogen) atoms. The number of carbonyl (C=O) groups is 2. The van der Waals surface area contributed by atoms with Crippen LogP contribution in [-0.2, 0) is 16.1 Å². The van der Waals surface area contributed by atoms with E-state index in [1.54, 1.807) is 19.1 Å². The molecule has 0 radical (unpaired) electrons. The van der Waals surface area contributed by atoms with Crippen molar-refractivity contribution in [3.63, 3.8) is 0 Å². The van der Waals surface area contributed by atoms with Crippen LogP contribution in [0, 0.1) is 5.92 Å². The van der Waals surface area contributed by atoms with E-state index in [1.165, 1.54) is 0 Å². The molecular formula is C22H26N2O4. The Morgan fingerprint density at radius 1 is 1.11 bits per heavy atom. The summed E-state index contributed by atoms with van der Waals surface area (Å²) in [6.45, 7) is 2.89. The quantitative estimate of drug-likeness (QED) is 0.800. The molecule has 6 nitrogen and oxygen atoms in total. The summed E-state index contributed by atoms with van der Waals surface area (Å²) in [5.41, 5.74) is 1.89. The molecule has 0 spiro atoms. The monoisotopic (exact) mass is 382 g/mol. The van der Waals surface area contributed by atoms with E-state index >= 15 is 0 Å². The van der Waals surface area contributed by atoms with E-state index in [4.69, 9.17) is 9.47 Å². The highest BCUT2D eigenvalue weighted by Gasteiger charge is 2.43. The number of amides is 2. The molecule has 2 atom stereocenters. The molecule has 2 aromatic rings. The molecule has 148 valence electrons. The molecule has 2 aromatic carbocycles. The van der Waals surface area contributed by atoms with Gasteiger partial charge in [0.15, 0.2) is 0 Å². The summed E-state index contributed by atoms with van der Waals surface area (Å²) in [7, 11) is 3.22. The molecule has 0 aliphatic carbocycles. The first-order valence-electron chi connectivity index (χ1n) is 9.41. The molecule has 1 N–H and O–H groups in total. The summed E-state index contributed by atoms with van der Waals surface area (Å²) in [5.74, 6) is 0.954. The zero-order chi connectivity index (χ0) is 20.1. The van der Waals surface area contributed by atoms with Crippen LogP contribution < -0.4 is 14.8 Å². The van der Waals surface area contributed by atoms with Crippen molar-refractivity contribution in [3.05, 3.63) is 59.7 Å². The molecule has 0 unspecified atom stereocenters. The van der Waals surface area contributed by atoms with Crippen molar-refractivity contribution in [2.24, 2.45) is 5.92 Å². The molecular weight excluding hydrogens is 356 g/mol. The summed E-state index contributed by atoms with van der Waals surface area (Å²) in [6, 6.07) is 14.9. The Hall–Kier alpha value is -3.02. The summed E-state index contributed by atoms with van der Waals surface area (Å²) < 4.78 is 10.4. The fraction of sp³-hybridized carbons (Fsp3) is 0.364. The lowest BCUT2D eigenvalue weighted by Gasteiger charge is -2.27. The number of hydrogen-bond acceptors (Lipinski definition) is 4. The molecule has 1 fully saturated rings. The first kappa shape index (κ1) is 19.7. The van der Waals surface area contributed by atoms with Gasteiger partial charge in [-0.15, -0.1) is 0 Å². The van der Waals surface area contributed by atoms with Crippen molar-refractivity contribution in [1.29, 1.82) is 0 Å². The van der Waals surface area contributed by atoms with E-state index in [9.17, 15) is 9.59 Å². The van der Waals surface area contributed by atoms with Crippen LogP contribution in [0.2, 0.25) is 0 Å². The predicted molar refractivity (Wildman–Crippen MR) is 106 cm³/mol. The van der Waals surface area contributed by atoms with Gasteiger partial charge in [0.1, 0.15) is 11.5 Å². The maximum Gasteiger partial charge on any atom is 0.226 e. The van der Waals surface area contributed by atoms with Crippen LogP contribution in [0.25, 0.3) is 0 Å². The van der Waals surface area contributed by atoms with Gasteiger partial charge in [-0.25, -0.2) is 0 Å². The summed E-state index contributed by atoms with van der Waals surface area (Å²) in [5, 5.41) is 2.98. The van der Waals surface area contributed by atoms with Gasteiger partial charge in [-0.1, -0.05) is 24.3 Å². The van der Waals surface area contributed by atoms with Gasteiger partial charge in [0.2, 0.25) is 11.8 Å². The lowest BCUT2D eigenvalue weighted by Crippen LogP contribution is -2.35. The smallest absolute Gasteiger partial charge is 0.226 e. The number of ether oxygens (including phenoxy) is 2. The Kier molecular flexibility index (Phi) is 6.19. The van der Waals surface area contributed by atoms with Gasteiger partial charge >= 0.3 is 0 Å². The summed E-state index contributed by atoms with van der Waals surface area (Å²) >= 11 is 0. The zero-order valence-electron chi connectivity index (χ0n) is 16.5. The second kappa shape index (κ2) is 8.78. The fourth-order valence-corrected chi connectivity index (χ4v) is 3.71. The zero-order valence-corrected chi connectivity index (χ0v) is 16.5. The highest BCUT2D eigenvalue weighted by atomic mass is 16.5. The largest absolute Gasteiger partial charge is 0.497 e. The number of nitrogens with one attached hydrogen (secondary N) is 1. The molecule has 0 aromatic heterocycles. The standard InChI is InChI=1S/C22H26N2O4/c1-4-24-20(25)13-19(21(24)16-8-10-17(27-2)11-9-16)22(26)23-14-15-6-5-7-18(12-15)28-3/h5-12,19,21H,4,13-14H2,1-3H3,(H,23,26)/t19-,21+/m1/s1. The third kappa shape index (κ3) is 4.11. The molecule has 0 bridgehead atoms.